The molecule has 4 rings (SSSR count). The monoisotopic (exact) mass is 487 g/mol. The predicted molar refractivity (Wildman–Crippen MR) is 135 cm³/mol. The standard InChI is InChI=1S/C28H25NO7/c1-5-36-28(32)18-10-12-19(13-11-18)29-26(30)21-9-7-6-8-20(21)22(27(29)31)14-17-15-23(33-2)25(35-4)24(16-17)34-3/h6-16H,5H2,1-4H3/b22-14+. The molecule has 8 heteroatoms. The number of benzene rings is 3. The Balaban J connectivity index is 1.83. The Morgan fingerprint density at radius 3 is 2.00 bits per heavy atom. The van der Waals surface area contributed by atoms with Crippen LogP contribution < -0.4 is 19.1 Å². The van der Waals surface area contributed by atoms with Crippen LogP contribution in [0.1, 0.15) is 38.8 Å². The summed E-state index contributed by atoms with van der Waals surface area (Å²) in [6, 6.07) is 16.5. The number of hydrogen-bond donors (Lipinski definition) is 0. The molecular formula is C28H25NO7. The fourth-order valence-electron chi connectivity index (χ4n) is 4.04. The molecule has 1 aliphatic heterocycles. The van der Waals surface area contributed by atoms with Gasteiger partial charge in [-0.15, -0.1) is 0 Å². The average molecular weight is 488 g/mol. The number of imide groups is 1. The molecule has 1 heterocycles. The van der Waals surface area contributed by atoms with Crippen molar-refractivity contribution >= 4 is 35.1 Å². The van der Waals surface area contributed by atoms with E-state index in [-0.39, 0.29) is 6.61 Å². The smallest absolute Gasteiger partial charge is 0.338 e. The molecule has 3 aromatic rings. The van der Waals surface area contributed by atoms with Gasteiger partial charge in [-0.1, -0.05) is 18.2 Å². The molecule has 36 heavy (non-hydrogen) atoms. The van der Waals surface area contributed by atoms with Crippen LogP contribution in [0.2, 0.25) is 0 Å². The minimum absolute atomic E-state index is 0.246. The van der Waals surface area contributed by atoms with Crippen molar-refractivity contribution in [1.29, 1.82) is 0 Å². The molecule has 0 aromatic heterocycles. The van der Waals surface area contributed by atoms with Crippen LogP contribution in [0, 0.1) is 0 Å². The van der Waals surface area contributed by atoms with Crippen molar-refractivity contribution in [3.63, 3.8) is 0 Å². The zero-order chi connectivity index (χ0) is 25.8. The molecule has 0 aliphatic carbocycles. The van der Waals surface area contributed by atoms with Crippen LogP contribution in [0.5, 0.6) is 17.2 Å². The van der Waals surface area contributed by atoms with Gasteiger partial charge in [0.25, 0.3) is 11.8 Å². The normalized spacial score (nSPS) is 13.9. The van der Waals surface area contributed by atoms with Crippen molar-refractivity contribution in [3.8, 4) is 17.2 Å². The second-order valence-corrected chi connectivity index (χ2v) is 7.78. The van der Waals surface area contributed by atoms with Crippen molar-refractivity contribution in [3.05, 3.63) is 82.9 Å². The van der Waals surface area contributed by atoms with E-state index >= 15 is 0 Å². The maximum Gasteiger partial charge on any atom is 0.338 e. The number of amides is 2. The zero-order valence-electron chi connectivity index (χ0n) is 20.4. The maximum atomic E-state index is 13.7. The number of carbonyl (C=O) groups excluding carboxylic acids is 3. The number of fused-ring (bicyclic) bond motifs is 1. The summed E-state index contributed by atoms with van der Waals surface area (Å²) in [6.45, 7) is 1.96. The molecule has 184 valence electrons. The third-order valence-corrected chi connectivity index (χ3v) is 5.72. The van der Waals surface area contributed by atoms with E-state index in [1.54, 1.807) is 61.5 Å². The van der Waals surface area contributed by atoms with Gasteiger partial charge in [0.1, 0.15) is 0 Å². The van der Waals surface area contributed by atoms with Crippen LogP contribution in [0.15, 0.2) is 60.7 Å². The van der Waals surface area contributed by atoms with Crippen molar-refractivity contribution in [1.82, 2.24) is 0 Å². The van der Waals surface area contributed by atoms with Crippen LogP contribution in [0.3, 0.4) is 0 Å². The summed E-state index contributed by atoms with van der Waals surface area (Å²) in [5.74, 6) is -0.145. The van der Waals surface area contributed by atoms with Gasteiger partial charge in [-0.05, 0) is 66.6 Å². The summed E-state index contributed by atoms with van der Waals surface area (Å²) in [4.78, 5) is 40.2. The van der Waals surface area contributed by atoms with E-state index in [1.807, 2.05) is 0 Å². The first-order valence-corrected chi connectivity index (χ1v) is 11.2. The minimum Gasteiger partial charge on any atom is -0.493 e. The Hall–Kier alpha value is -4.59. The highest BCUT2D eigenvalue weighted by Crippen LogP contribution is 2.40. The molecule has 0 bridgehead atoms. The molecule has 0 atom stereocenters. The topological polar surface area (TPSA) is 91.4 Å². The average Bonchev–Trinajstić information content (AvgIpc) is 2.91. The van der Waals surface area contributed by atoms with E-state index in [0.717, 1.165) is 4.90 Å². The molecule has 0 N–H and O–H groups in total. The molecule has 0 fully saturated rings. The number of hydrogen-bond acceptors (Lipinski definition) is 7. The molecule has 8 nitrogen and oxygen atoms in total. The molecule has 2 amide bonds. The summed E-state index contributed by atoms with van der Waals surface area (Å²) in [5.41, 5.74) is 2.49. The summed E-state index contributed by atoms with van der Waals surface area (Å²) in [7, 11) is 4.53. The summed E-state index contributed by atoms with van der Waals surface area (Å²) in [5, 5.41) is 0. The van der Waals surface area contributed by atoms with E-state index in [2.05, 4.69) is 0 Å². The Morgan fingerprint density at radius 1 is 0.833 bits per heavy atom. The van der Waals surface area contributed by atoms with E-state index < -0.39 is 17.8 Å². The quantitative estimate of drug-likeness (QED) is 0.273. The molecule has 0 unspecified atom stereocenters. The summed E-state index contributed by atoms with van der Waals surface area (Å²) < 4.78 is 21.3. The van der Waals surface area contributed by atoms with E-state index in [9.17, 15) is 14.4 Å². The first-order chi connectivity index (χ1) is 17.4. The lowest BCUT2D eigenvalue weighted by atomic mass is 9.91. The number of carbonyl (C=O) groups is 3. The zero-order valence-corrected chi connectivity index (χ0v) is 20.4. The predicted octanol–water partition coefficient (Wildman–Crippen LogP) is 4.62. The largest absolute Gasteiger partial charge is 0.493 e. The van der Waals surface area contributed by atoms with Gasteiger partial charge in [-0.25, -0.2) is 9.69 Å². The van der Waals surface area contributed by atoms with Gasteiger partial charge in [0.05, 0.1) is 39.2 Å². The highest BCUT2D eigenvalue weighted by atomic mass is 16.5. The lowest BCUT2D eigenvalue weighted by Gasteiger charge is -2.29. The van der Waals surface area contributed by atoms with Gasteiger partial charge in [0, 0.05) is 11.1 Å². The third-order valence-electron chi connectivity index (χ3n) is 5.72. The SMILES string of the molecule is CCOC(=O)c1ccc(N2C(=O)/C(=C/c3cc(OC)c(OC)c(OC)c3)c3ccccc3C2=O)cc1. The van der Waals surface area contributed by atoms with E-state index in [4.69, 9.17) is 18.9 Å². The van der Waals surface area contributed by atoms with Crippen molar-refractivity contribution in [2.45, 2.75) is 6.92 Å². The molecule has 1 aliphatic rings. The second-order valence-electron chi connectivity index (χ2n) is 7.78. The van der Waals surface area contributed by atoms with Gasteiger partial charge >= 0.3 is 5.97 Å². The summed E-state index contributed by atoms with van der Waals surface area (Å²) in [6.07, 6.45) is 1.68. The molecule has 0 saturated heterocycles. The lowest BCUT2D eigenvalue weighted by Crippen LogP contribution is -2.41. The number of esters is 1. The number of anilines is 1. The summed E-state index contributed by atoms with van der Waals surface area (Å²) >= 11 is 0. The minimum atomic E-state index is -0.503. The molecule has 0 spiro atoms. The number of methoxy groups -OCH3 is 3. The first kappa shape index (κ1) is 24.5. The van der Waals surface area contributed by atoms with Crippen LogP contribution in [-0.2, 0) is 9.53 Å². The Labute approximate surface area is 208 Å². The number of nitrogens with zero attached hydrogens (tertiary/aromatic N) is 1. The van der Waals surface area contributed by atoms with Gasteiger partial charge < -0.3 is 18.9 Å². The van der Waals surface area contributed by atoms with Crippen LogP contribution in [0.4, 0.5) is 5.69 Å². The highest BCUT2D eigenvalue weighted by molar-refractivity contribution is 6.43. The van der Waals surface area contributed by atoms with Crippen molar-refractivity contribution in [2.75, 3.05) is 32.8 Å². The van der Waals surface area contributed by atoms with E-state index in [1.165, 1.54) is 33.5 Å². The lowest BCUT2D eigenvalue weighted by molar-refractivity contribution is -0.112. The molecular weight excluding hydrogens is 462 g/mol. The Bertz CT molecular complexity index is 1330. The second kappa shape index (κ2) is 10.4. The van der Waals surface area contributed by atoms with Gasteiger partial charge in [-0.3, -0.25) is 9.59 Å². The fraction of sp³-hybridized carbons (Fsp3) is 0.179. The Kier molecular flexibility index (Phi) is 7.05. The van der Waals surface area contributed by atoms with Crippen molar-refractivity contribution in [2.24, 2.45) is 0 Å². The Morgan fingerprint density at radius 2 is 1.44 bits per heavy atom. The van der Waals surface area contributed by atoms with Crippen LogP contribution in [0.25, 0.3) is 11.6 Å². The van der Waals surface area contributed by atoms with Crippen LogP contribution >= 0.6 is 0 Å². The number of ether oxygens (including phenoxy) is 4. The molecule has 0 radical (unpaired) electrons. The van der Waals surface area contributed by atoms with E-state index in [0.29, 0.717) is 50.8 Å². The van der Waals surface area contributed by atoms with Crippen molar-refractivity contribution < 1.29 is 33.3 Å². The molecule has 0 saturated carbocycles. The maximum absolute atomic E-state index is 13.7. The molecule has 3 aromatic carbocycles. The third kappa shape index (κ3) is 4.40. The number of rotatable bonds is 7. The van der Waals surface area contributed by atoms with Crippen LogP contribution in [-0.4, -0.2) is 45.7 Å². The van der Waals surface area contributed by atoms with Gasteiger partial charge in [0.15, 0.2) is 11.5 Å². The highest BCUT2D eigenvalue weighted by Gasteiger charge is 2.36. The van der Waals surface area contributed by atoms with Gasteiger partial charge in [-0.2, -0.15) is 0 Å². The van der Waals surface area contributed by atoms with Gasteiger partial charge in [0.2, 0.25) is 5.75 Å². The first-order valence-electron chi connectivity index (χ1n) is 11.2. The fourth-order valence-corrected chi connectivity index (χ4v) is 4.04.